The molecule has 0 spiro atoms. The number of non-ortho nitro benzene ring substituents is 1. The lowest BCUT2D eigenvalue weighted by Crippen LogP contribution is -2.23. The van der Waals surface area contributed by atoms with Gasteiger partial charge in [0.25, 0.3) is 11.6 Å². The predicted molar refractivity (Wildman–Crippen MR) is 101 cm³/mol. The molecule has 1 N–H and O–H groups in total. The second-order valence-electron chi connectivity index (χ2n) is 6.02. The summed E-state index contributed by atoms with van der Waals surface area (Å²) in [6, 6.07) is 12.3. The van der Waals surface area contributed by atoms with Crippen LogP contribution in [0.4, 0.5) is 18.9 Å². The van der Waals surface area contributed by atoms with E-state index in [2.05, 4.69) is 10.2 Å². The number of nitro groups is 1. The first kappa shape index (κ1) is 21.2. The molecule has 0 saturated carbocycles. The maximum Gasteiger partial charge on any atom is 0.434 e. The lowest BCUT2D eigenvalue weighted by Gasteiger charge is -2.12. The molecule has 1 aromatic heterocycles. The number of alkyl halides is 3. The molecule has 9 nitrogen and oxygen atoms in total. The van der Waals surface area contributed by atoms with Crippen LogP contribution in [0.2, 0.25) is 0 Å². The van der Waals surface area contributed by atoms with Gasteiger partial charge < -0.3 is 0 Å². The van der Waals surface area contributed by atoms with Crippen LogP contribution in [0.1, 0.15) is 27.2 Å². The number of carbonyl (C=O) groups is 1. The van der Waals surface area contributed by atoms with Gasteiger partial charge in [-0.1, -0.05) is 12.1 Å². The Bertz CT molecular complexity index is 1190. The van der Waals surface area contributed by atoms with Crippen molar-refractivity contribution in [3.63, 3.8) is 0 Å². The molecule has 0 atom stereocenters. The number of rotatable bonds is 5. The van der Waals surface area contributed by atoms with E-state index in [1.54, 1.807) is 12.1 Å². The van der Waals surface area contributed by atoms with Crippen molar-refractivity contribution in [3.05, 3.63) is 87.2 Å². The summed E-state index contributed by atoms with van der Waals surface area (Å²) < 4.78 is 41.4. The maximum atomic E-state index is 13.6. The van der Waals surface area contributed by atoms with Crippen molar-refractivity contribution in [3.8, 4) is 11.8 Å². The van der Waals surface area contributed by atoms with E-state index in [1.165, 1.54) is 18.3 Å². The van der Waals surface area contributed by atoms with Crippen LogP contribution in [0.25, 0.3) is 5.69 Å². The zero-order chi connectivity index (χ0) is 22.6. The zero-order valence-corrected chi connectivity index (χ0v) is 15.4. The van der Waals surface area contributed by atoms with Crippen LogP contribution in [-0.2, 0) is 6.18 Å². The molecule has 156 valence electrons. The van der Waals surface area contributed by atoms with Crippen LogP contribution in [-0.4, -0.2) is 26.8 Å². The Morgan fingerprint density at radius 2 is 1.84 bits per heavy atom. The summed E-state index contributed by atoms with van der Waals surface area (Å²) in [5.41, 5.74) is 0.375. The molecule has 1 amide bonds. The van der Waals surface area contributed by atoms with Gasteiger partial charge in [0.15, 0.2) is 5.69 Å². The Kier molecular flexibility index (Phi) is 5.78. The first-order valence-corrected chi connectivity index (χ1v) is 8.44. The number of amides is 1. The van der Waals surface area contributed by atoms with E-state index in [-0.39, 0.29) is 11.4 Å². The third-order valence-electron chi connectivity index (χ3n) is 4.01. The molecule has 31 heavy (non-hydrogen) atoms. The zero-order valence-electron chi connectivity index (χ0n) is 15.4. The summed E-state index contributed by atoms with van der Waals surface area (Å²) in [6.45, 7) is 0. The minimum Gasteiger partial charge on any atom is -0.267 e. The molecule has 0 bridgehead atoms. The average Bonchev–Trinajstić information content (AvgIpc) is 3.20. The summed E-state index contributed by atoms with van der Waals surface area (Å²) in [7, 11) is 0. The van der Waals surface area contributed by atoms with Gasteiger partial charge in [0, 0.05) is 12.1 Å². The highest BCUT2D eigenvalue weighted by molar-refractivity contribution is 5.96. The second kappa shape index (κ2) is 8.46. The Morgan fingerprint density at radius 1 is 1.19 bits per heavy atom. The van der Waals surface area contributed by atoms with Crippen LogP contribution in [0.3, 0.4) is 0 Å². The van der Waals surface area contributed by atoms with Crippen molar-refractivity contribution >= 4 is 17.8 Å². The fourth-order valence-corrected chi connectivity index (χ4v) is 2.57. The van der Waals surface area contributed by atoms with E-state index in [0.717, 1.165) is 30.5 Å². The van der Waals surface area contributed by atoms with E-state index in [9.17, 15) is 28.1 Å². The van der Waals surface area contributed by atoms with Crippen LogP contribution in [0.15, 0.2) is 59.8 Å². The molecule has 0 saturated heterocycles. The molecule has 12 heteroatoms. The standard InChI is InChI=1S/C19H11F3N6O3/c20-19(21,22)17-16(11-25-27(17)14-5-7-15(8-6-14)28(30)31)18(29)26-24-10-13-3-1-12(9-23)2-4-13/h1-8,10-11H,(H,26,29)/b24-10+. The molecule has 3 aromatic rings. The Hall–Kier alpha value is -4.53. The number of nitriles is 1. The van der Waals surface area contributed by atoms with Crippen molar-refractivity contribution in [1.82, 2.24) is 15.2 Å². The monoisotopic (exact) mass is 428 g/mol. The third kappa shape index (κ3) is 4.73. The molecule has 0 aliphatic rings. The van der Waals surface area contributed by atoms with Crippen molar-refractivity contribution in [2.24, 2.45) is 5.10 Å². The summed E-state index contributed by atoms with van der Waals surface area (Å²) in [5.74, 6) is -1.15. The molecule has 2 aromatic carbocycles. The van der Waals surface area contributed by atoms with Gasteiger partial charge in [-0.25, -0.2) is 10.1 Å². The molecular formula is C19H11F3N6O3. The van der Waals surface area contributed by atoms with Gasteiger partial charge in [-0.05, 0) is 29.8 Å². The Balaban J connectivity index is 1.86. The highest BCUT2D eigenvalue weighted by Crippen LogP contribution is 2.34. The van der Waals surface area contributed by atoms with Gasteiger partial charge in [0.05, 0.1) is 40.2 Å². The highest BCUT2D eigenvalue weighted by Gasteiger charge is 2.40. The fourth-order valence-electron chi connectivity index (χ4n) is 2.57. The lowest BCUT2D eigenvalue weighted by molar-refractivity contribution is -0.384. The van der Waals surface area contributed by atoms with Gasteiger partial charge >= 0.3 is 6.18 Å². The first-order valence-electron chi connectivity index (χ1n) is 8.44. The maximum absolute atomic E-state index is 13.6. The van der Waals surface area contributed by atoms with E-state index in [0.29, 0.717) is 15.8 Å². The number of nitrogens with one attached hydrogen (secondary N) is 1. The largest absolute Gasteiger partial charge is 0.434 e. The van der Waals surface area contributed by atoms with Gasteiger partial charge in [-0.2, -0.15) is 28.6 Å². The minimum absolute atomic E-state index is 0.113. The van der Waals surface area contributed by atoms with Crippen LogP contribution in [0.5, 0.6) is 0 Å². The molecule has 0 aliphatic carbocycles. The highest BCUT2D eigenvalue weighted by atomic mass is 19.4. The fraction of sp³-hybridized carbons (Fsp3) is 0.0526. The summed E-state index contributed by atoms with van der Waals surface area (Å²) in [4.78, 5) is 22.3. The number of hydrogen-bond donors (Lipinski definition) is 1. The predicted octanol–water partition coefficient (Wildman–Crippen LogP) is 3.43. The summed E-state index contributed by atoms with van der Waals surface area (Å²) in [5, 5.41) is 26.7. The summed E-state index contributed by atoms with van der Waals surface area (Å²) >= 11 is 0. The smallest absolute Gasteiger partial charge is 0.267 e. The van der Waals surface area contributed by atoms with Gasteiger partial charge in [-0.3, -0.25) is 14.9 Å². The van der Waals surface area contributed by atoms with E-state index in [4.69, 9.17) is 5.26 Å². The van der Waals surface area contributed by atoms with E-state index in [1.807, 2.05) is 11.5 Å². The Morgan fingerprint density at radius 3 is 2.39 bits per heavy atom. The van der Waals surface area contributed by atoms with Crippen molar-refractivity contribution in [1.29, 1.82) is 5.26 Å². The lowest BCUT2D eigenvalue weighted by atomic mass is 10.2. The van der Waals surface area contributed by atoms with Crippen molar-refractivity contribution < 1.29 is 22.9 Å². The number of halogens is 3. The number of nitro benzene ring substituents is 1. The van der Waals surface area contributed by atoms with Crippen LogP contribution < -0.4 is 5.43 Å². The molecule has 1 heterocycles. The van der Waals surface area contributed by atoms with Crippen molar-refractivity contribution in [2.45, 2.75) is 6.18 Å². The van der Waals surface area contributed by atoms with Crippen molar-refractivity contribution in [2.75, 3.05) is 0 Å². The van der Waals surface area contributed by atoms with Crippen LogP contribution in [0, 0.1) is 21.4 Å². The second-order valence-corrected chi connectivity index (χ2v) is 6.02. The quantitative estimate of drug-likeness (QED) is 0.378. The third-order valence-corrected chi connectivity index (χ3v) is 4.01. The minimum atomic E-state index is -4.94. The molecule has 3 rings (SSSR count). The molecule has 0 fully saturated rings. The Labute approximate surface area is 172 Å². The normalized spacial score (nSPS) is 11.3. The average molecular weight is 428 g/mol. The van der Waals surface area contributed by atoms with E-state index >= 15 is 0 Å². The van der Waals surface area contributed by atoms with Gasteiger partial charge in [0.1, 0.15) is 0 Å². The first-order chi connectivity index (χ1) is 14.7. The number of benzene rings is 2. The number of hydrogen-bond acceptors (Lipinski definition) is 6. The van der Waals surface area contributed by atoms with Gasteiger partial charge in [-0.15, -0.1) is 0 Å². The molecular weight excluding hydrogens is 417 g/mol. The van der Waals surface area contributed by atoms with E-state index < -0.39 is 28.3 Å². The van der Waals surface area contributed by atoms with Crippen LogP contribution >= 0.6 is 0 Å². The molecule has 0 unspecified atom stereocenters. The number of carbonyl (C=O) groups excluding carboxylic acids is 1. The molecule has 0 aliphatic heterocycles. The van der Waals surface area contributed by atoms with Gasteiger partial charge in [0.2, 0.25) is 0 Å². The summed E-state index contributed by atoms with van der Waals surface area (Å²) in [6.07, 6.45) is -3.01. The molecule has 0 radical (unpaired) electrons. The number of nitrogens with zero attached hydrogens (tertiary/aromatic N) is 5. The number of aromatic nitrogens is 2. The SMILES string of the molecule is N#Cc1ccc(/C=N/NC(=O)c2cnn(-c3ccc([N+](=O)[O-])cc3)c2C(F)(F)F)cc1. The topological polar surface area (TPSA) is 126 Å². The number of hydrazone groups is 1.